The highest BCUT2D eigenvalue weighted by molar-refractivity contribution is 5.86. The number of benzene rings is 2. The number of aliphatic imine (C=N–C) groups is 1. The normalized spacial score (nSPS) is 19.4. The number of hydrogen-bond donors (Lipinski definition) is 2. The van der Waals surface area contributed by atoms with Gasteiger partial charge in [0.15, 0.2) is 5.96 Å². The van der Waals surface area contributed by atoms with Gasteiger partial charge in [-0.25, -0.2) is 9.98 Å². The maximum Gasteiger partial charge on any atom is 0.196 e. The predicted molar refractivity (Wildman–Crippen MR) is 117 cm³/mol. The van der Waals surface area contributed by atoms with Crippen LogP contribution in [-0.2, 0) is 11.2 Å². The van der Waals surface area contributed by atoms with Crippen LogP contribution in [0, 0.1) is 0 Å². The van der Waals surface area contributed by atoms with Crippen LogP contribution < -0.4 is 11.1 Å². The fraction of sp³-hybridized carbons (Fsp3) is 0.304. The predicted octanol–water partition coefficient (Wildman–Crippen LogP) is 3.61. The zero-order valence-electron chi connectivity index (χ0n) is 16.3. The molecule has 0 amide bonds. The van der Waals surface area contributed by atoms with Gasteiger partial charge in [0.1, 0.15) is 5.82 Å². The zero-order chi connectivity index (χ0) is 19.6. The Morgan fingerprint density at radius 2 is 1.97 bits per heavy atom. The molecule has 2 aliphatic rings. The number of rotatable bonds is 3. The highest BCUT2D eigenvalue weighted by Gasteiger charge is 2.22. The summed E-state index contributed by atoms with van der Waals surface area (Å²) in [6.07, 6.45) is 2.22. The van der Waals surface area contributed by atoms with E-state index in [0.717, 1.165) is 48.3 Å². The first kappa shape index (κ1) is 17.9. The highest BCUT2D eigenvalue weighted by atomic mass is 16.5. The molecule has 0 bridgehead atoms. The number of nitrogens with two attached hydrogens (primary N) is 1. The number of morpholine rings is 1. The zero-order valence-corrected chi connectivity index (χ0v) is 16.3. The van der Waals surface area contributed by atoms with Crippen LogP contribution in [0.1, 0.15) is 23.6 Å². The average Bonchev–Trinajstić information content (AvgIpc) is 3.17. The summed E-state index contributed by atoms with van der Waals surface area (Å²) >= 11 is 0. The first-order valence-electron chi connectivity index (χ1n) is 10.2. The fourth-order valence-corrected chi connectivity index (χ4v) is 4.14. The lowest BCUT2D eigenvalue weighted by Crippen LogP contribution is -2.44. The van der Waals surface area contributed by atoms with Crippen molar-refractivity contribution in [1.29, 1.82) is 0 Å². The van der Waals surface area contributed by atoms with Crippen LogP contribution in [0.3, 0.4) is 0 Å². The number of guanidine groups is 1. The largest absolute Gasteiger partial charge is 0.378 e. The number of ether oxygens (including phenoxy) is 1. The molecule has 1 unspecified atom stereocenters. The van der Waals surface area contributed by atoms with Gasteiger partial charge in [0, 0.05) is 18.5 Å². The Labute approximate surface area is 170 Å². The summed E-state index contributed by atoms with van der Waals surface area (Å²) in [6.45, 7) is 2.95. The van der Waals surface area contributed by atoms with Crippen molar-refractivity contribution in [2.24, 2.45) is 10.7 Å². The lowest BCUT2D eigenvalue weighted by Gasteiger charge is -2.27. The number of fused-ring (bicyclic) bond motifs is 2. The van der Waals surface area contributed by atoms with E-state index in [1.165, 1.54) is 11.1 Å². The summed E-state index contributed by atoms with van der Waals surface area (Å²) in [4.78, 5) is 11.4. The molecular weight excluding hydrogens is 362 g/mol. The van der Waals surface area contributed by atoms with Gasteiger partial charge in [-0.05, 0) is 54.3 Å². The Morgan fingerprint density at radius 1 is 1.10 bits per heavy atom. The summed E-state index contributed by atoms with van der Waals surface area (Å²) < 4.78 is 5.37. The first-order chi connectivity index (χ1) is 14.3. The minimum atomic E-state index is 0.327. The molecule has 0 radical (unpaired) electrons. The quantitative estimate of drug-likeness (QED) is 0.530. The second-order valence-electron chi connectivity index (χ2n) is 7.58. The average molecular weight is 387 g/mol. The van der Waals surface area contributed by atoms with Gasteiger partial charge in [-0.1, -0.05) is 24.3 Å². The fourth-order valence-electron chi connectivity index (χ4n) is 4.14. The lowest BCUT2D eigenvalue weighted by atomic mass is 10.1. The Hall–Kier alpha value is -3.12. The topological polar surface area (TPSA) is 75.8 Å². The molecule has 1 atom stereocenters. The minimum Gasteiger partial charge on any atom is -0.378 e. The number of hydrogen-bond acceptors (Lipinski definition) is 4. The van der Waals surface area contributed by atoms with E-state index < -0.39 is 0 Å². The van der Waals surface area contributed by atoms with E-state index in [-0.39, 0.29) is 0 Å². The molecule has 6 nitrogen and oxygen atoms in total. The van der Waals surface area contributed by atoms with Crippen LogP contribution in [0.15, 0.2) is 59.6 Å². The van der Waals surface area contributed by atoms with Crippen LogP contribution in [0.5, 0.6) is 0 Å². The van der Waals surface area contributed by atoms with Crippen LogP contribution in [0.25, 0.3) is 10.9 Å². The van der Waals surface area contributed by atoms with Crippen molar-refractivity contribution in [2.75, 3.05) is 31.6 Å². The second kappa shape index (κ2) is 7.72. The van der Waals surface area contributed by atoms with Gasteiger partial charge in [-0.2, -0.15) is 0 Å². The molecule has 1 saturated heterocycles. The SMILES string of the molecule is NC(=Nc1ccc2nc(NC3CCc4ccccc43)ccc2c1)N1CCOCC1. The molecule has 3 N–H and O–H groups in total. The van der Waals surface area contributed by atoms with Crippen molar-refractivity contribution >= 4 is 28.4 Å². The third-order valence-electron chi connectivity index (χ3n) is 5.71. The molecule has 6 heteroatoms. The van der Waals surface area contributed by atoms with Gasteiger partial charge in [-0.15, -0.1) is 0 Å². The molecule has 0 saturated carbocycles. The van der Waals surface area contributed by atoms with Gasteiger partial charge in [-0.3, -0.25) is 0 Å². The van der Waals surface area contributed by atoms with E-state index in [1.807, 2.05) is 24.3 Å². The number of aromatic nitrogens is 1. The molecule has 1 fully saturated rings. The summed E-state index contributed by atoms with van der Waals surface area (Å²) in [5, 5.41) is 4.66. The summed E-state index contributed by atoms with van der Waals surface area (Å²) in [7, 11) is 0. The van der Waals surface area contributed by atoms with Crippen molar-refractivity contribution in [3.8, 4) is 0 Å². The third kappa shape index (κ3) is 3.76. The molecule has 1 aliphatic carbocycles. The molecule has 29 heavy (non-hydrogen) atoms. The Morgan fingerprint density at radius 3 is 2.86 bits per heavy atom. The second-order valence-corrected chi connectivity index (χ2v) is 7.58. The van der Waals surface area contributed by atoms with Crippen LogP contribution >= 0.6 is 0 Å². The van der Waals surface area contributed by atoms with Crippen molar-refractivity contribution < 1.29 is 4.74 Å². The van der Waals surface area contributed by atoms with Crippen molar-refractivity contribution in [3.05, 3.63) is 65.7 Å². The van der Waals surface area contributed by atoms with Crippen LogP contribution in [0.2, 0.25) is 0 Å². The summed E-state index contributed by atoms with van der Waals surface area (Å²) in [5.74, 6) is 1.45. The Kier molecular flexibility index (Phi) is 4.77. The molecule has 2 heterocycles. The standard InChI is InChI=1S/C23H25N5O/c24-23(28-11-13-29-14-12-28)25-18-7-9-20-17(15-18)6-10-22(26-20)27-21-8-5-16-3-1-2-4-19(16)21/h1-4,6-7,9-10,15,21H,5,8,11-14H2,(H2,24,25)(H,26,27). The monoisotopic (exact) mass is 387 g/mol. The Balaban J connectivity index is 1.34. The minimum absolute atomic E-state index is 0.327. The molecule has 0 spiro atoms. The number of anilines is 1. The molecule has 1 aliphatic heterocycles. The van der Waals surface area contributed by atoms with E-state index in [0.29, 0.717) is 25.2 Å². The van der Waals surface area contributed by atoms with E-state index in [1.54, 1.807) is 0 Å². The van der Waals surface area contributed by atoms with Gasteiger partial charge < -0.3 is 20.7 Å². The van der Waals surface area contributed by atoms with Gasteiger partial charge in [0.05, 0.1) is 30.5 Å². The third-order valence-corrected chi connectivity index (χ3v) is 5.71. The number of aryl methyl sites for hydroxylation is 1. The van der Waals surface area contributed by atoms with Gasteiger partial charge >= 0.3 is 0 Å². The van der Waals surface area contributed by atoms with E-state index >= 15 is 0 Å². The number of pyridine rings is 1. The molecule has 2 aromatic carbocycles. The summed E-state index contributed by atoms with van der Waals surface area (Å²) in [6, 6.07) is 19.1. The van der Waals surface area contributed by atoms with Crippen molar-refractivity contribution in [2.45, 2.75) is 18.9 Å². The molecule has 148 valence electrons. The lowest BCUT2D eigenvalue weighted by molar-refractivity contribution is 0.0675. The van der Waals surface area contributed by atoms with Gasteiger partial charge in [0.25, 0.3) is 0 Å². The van der Waals surface area contributed by atoms with E-state index in [4.69, 9.17) is 15.5 Å². The molecule has 5 rings (SSSR count). The molecular formula is C23H25N5O. The van der Waals surface area contributed by atoms with Crippen molar-refractivity contribution in [3.63, 3.8) is 0 Å². The molecule has 3 aromatic rings. The first-order valence-corrected chi connectivity index (χ1v) is 10.2. The van der Waals surface area contributed by atoms with Gasteiger partial charge in [0.2, 0.25) is 0 Å². The number of nitrogens with zero attached hydrogens (tertiary/aromatic N) is 3. The van der Waals surface area contributed by atoms with Crippen LogP contribution in [0.4, 0.5) is 11.5 Å². The molecule has 1 aromatic heterocycles. The van der Waals surface area contributed by atoms with E-state index in [9.17, 15) is 0 Å². The highest BCUT2D eigenvalue weighted by Crippen LogP contribution is 2.33. The van der Waals surface area contributed by atoms with Crippen LogP contribution in [-0.4, -0.2) is 42.1 Å². The number of nitrogens with one attached hydrogen (secondary N) is 1. The maximum absolute atomic E-state index is 6.17. The van der Waals surface area contributed by atoms with E-state index in [2.05, 4.69) is 45.5 Å². The maximum atomic E-state index is 6.17. The smallest absolute Gasteiger partial charge is 0.196 e. The summed E-state index contributed by atoms with van der Waals surface area (Å²) in [5.41, 5.74) is 10.8. The van der Waals surface area contributed by atoms with Crippen molar-refractivity contribution in [1.82, 2.24) is 9.88 Å². The Bertz CT molecular complexity index is 1060.